The Balaban J connectivity index is 2.80. The second-order valence-corrected chi connectivity index (χ2v) is 5.93. The summed E-state index contributed by atoms with van der Waals surface area (Å²) in [6.45, 7) is 2.45. The minimum atomic E-state index is -4.29. The van der Waals surface area contributed by atoms with Crippen molar-refractivity contribution in [1.29, 1.82) is 0 Å². The maximum absolute atomic E-state index is 12.6. The van der Waals surface area contributed by atoms with Crippen molar-refractivity contribution < 1.29 is 18.3 Å². The van der Waals surface area contributed by atoms with Crippen LogP contribution in [0.25, 0.3) is 0 Å². The Hall–Kier alpha value is -1.11. The summed E-state index contributed by atoms with van der Waals surface area (Å²) in [4.78, 5) is 1.20. The zero-order valence-corrected chi connectivity index (χ0v) is 12.4. The van der Waals surface area contributed by atoms with Crippen molar-refractivity contribution in [2.75, 3.05) is 26.2 Å². The number of nitrogens with two attached hydrogens (primary N) is 1. The predicted molar refractivity (Wildman–Crippen MR) is 76.7 cm³/mol. The second kappa shape index (κ2) is 7.24. The molecule has 0 aliphatic carbocycles. The first kappa shape index (κ1) is 17.9. The van der Waals surface area contributed by atoms with Gasteiger partial charge in [-0.3, -0.25) is 4.90 Å². The van der Waals surface area contributed by atoms with Gasteiger partial charge in [-0.1, -0.05) is 44.2 Å². The fraction of sp³-hybridized carbons (Fsp3) is 0.600. The lowest BCUT2D eigenvalue weighted by molar-refractivity contribution is -0.149. The Kier molecular flexibility index (Phi) is 6.19. The van der Waals surface area contributed by atoms with Crippen molar-refractivity contribution in [3.63, 3.8) is 0 Å². The zero-order chi connectivity index (χ0) is 16.1. The van der Waals surface area contributed by atoms with Gasteiger partial charge in [0.1, 0.15) is 0 Å². The highest BCUT2D eigenvalue weighted by molar-refractivity contribution is 5.20. The average Bonchev–Trinajstić information content (AvgIpc) is 2.36. The summed E-state index contributed by atoms with van der Waals surface area (Å²) in [5.74, 6) is 0. The van der Waals surface area contributed by atoms with E-state index in [0.717, 1.165) is 5.56 Å². The highest BCUT2D eigenvalue weighted by Crippen LogP contribution is 2.32. The largest absolute Gasteiger partial charge is 0.401 e. The van der Waals surface area contributed by atoms with Crippen molar-refractivity contribution in [3.05, 3.63) is 35.9 Å². The molecule has 0 aliphatic heterocycles. The molecule has 0 saturated carbocycles. The first-order chi connectivity index (χ1) is 9.65. The van der Waals surface area contributed by atoms with Gasteiger partial charge in [-0.05, 0) is 11.0 Å². The Morgan fingerprint density at radius 3 is 2.19 bits per heavy atom. The van der Waals surface area contributed by atoms with Gasteiger partial charge in [0, 0.05) is 19.1 Å². The molecule has 1 unspecified atom stereocenters. The number of hydrogen-bond donors (Lipinski definition) is 2. The molecule has 3 N–H and O–H groups in total. The SMILES string of the molecule is CC(C)(CN(CCO)CC(F)(F)F)C(N)c1ccccc1. The highest BCUT2D eigenvalue weighted by atomic mass is 19.4. The highest BCUT2D eigenvalue weighted by Gasteiger charge is 2.35. The van der Waals surface area contributed by atoms with E-state index in [2.05, 4.69) is 0 Å². The third kappa shape index (κ3) is 6.03. The predicted octanol–water partition coefficient (Wildman–Crippen LogP) is 2.57. The van der Waals surface area contributed by atoms with E-state index >= 15 is 0 Å². The lowest BCUT2D eigenvalue weighted by Gasteiger charge is -2.37. The molecule has 0 bridgehead atoms. The van der Waals surface area contributed by atoms with Gasteiger partial charge in [-0.15, -0.1) is 0 Å². The fourth-order valence-electron chi connectivity index (χ4n) is 2.40. The van der Waals surface area contributed by atoms with Crippen molar-refractivity contribution in [1.82, 2.24) is 4.90 Å². The molecule has 120 valence electrons. The Bertz CT molecular complexity index is 421. The van der Waals surface area contributed by atoms with Crippen molar-refractivity contribution >= 4 is 0 Å². The van der Waals surface area contributed by atoms with Crippen LogP contribution in [-0.2, 0) is 0 Å². The average molecular weight is 304 g/mol. The van der Waals surface area contributed by atoms with Crippen LogP contribution >= 0.6 is 0 Å². The molecule has 3 nitrogen and oxygen atoms in total. The summed E-state index contributed by atoms with van der Waals surface area (Å²) in [6.07, 6.45) is -4.29. The molecule has 0 heterocycles. The normalized spacial score (nSPS) is 14.5. The minimum absolute atomic E-state index is 0.0234. The maximum Gasteiger partial charge on any atom is 0.401 e. The van der Waals surface area contributed by atoms with E-state index in [1.54, 1.807) is 0 Å². The van der Waals surface area contributed by atoms with Crippen molar-refractivity contribution in [3.8, 4) is 0 Å². The zero-order valence-electron chi connectivity index (χ0n) is 12.4. The Labute approximate surface area is 123 Å². The van der Waals surface area contributed by atoms with Crippen LogP contribution < -0.4 is 5.73 Å². The lowest BCUT2D eigenvalue weighted by atomic mass is 9.80. The van der Waals surface area contributed by atoms with Gasteiger partial charge < -0.3 is 10.8 Å². The number of aliphatic hydroxyl groups excluding tert-OH is 1. The van der Waals surface area contributed by atoms with Crippen LogP contribution in [0.2, 0.25) is 0 Å². The van der Waals surface area contributed by atoms with Gasteiger partial charge >= 0.3 is 6.18 Å². The lowest BCUT2D eigenvalue weighted by Crippen LogP contribution is -2.45. The summed E-state index contributed by atoms with van der Waals surface area (Å²) in [5, 5.41) is 8.95. The van der Waals surface area contributed by atoms with E-state index in [9.17, 15) is 13.2 Å². The molecule has 0 amide bonds. The molecule has 1 rings (SSSR count). The molecule has 1 atom stereocenters. The summed E-state index contributed by atoms with van der Waals surface area (Å²) in [6, 6.07) is 8.93. The van der Waals surface area contributed by atoms with Gasteiger partial charge in [0.25, 0.3) is 0 Å². The summed E-state index contributed by atoms with van der Waals surface area (Å²) >= 11 is 0. The number of benzene rings is 1. The molecule has 0 aliphatic rings. The first-order valence-electron chi connectivity index (χ1n) is 6.86. The standard InChI is InChI=1S/C15H23F3N2O/c1-14(2,13(19)12-6-4-3-5-7-12)10-20(8-9-21)11-15(16,17)18/h3-7,13,21H,8-11,19H2,1-2H3. The van der Waals surface area contributed by atoms with E-state index in [-0.39, 0.29) is 25.7 Å². The Morgan fingerprint density at radius 1 is 1.14 bits per heavy atom. The van der Waals surface area contributed by atoms with Gasteiger partial charge in [0.15, 0.2) is 0 Å². The van der Waals surface area contributed by atoms with Gasteiger partial charge in [-0.25, -0.2) is 0 Å². The summed E-state index contributed by atoms with van der Waals surface area (Å²) in [7, 11) is 0. The third-order valence-corrected chi connectivity index (χ3v) is 3.45. The first-order valence-corrected chi connectivity index (χ1v) is 6.86. The number of alkyl halides is 3. The quantitative estimate of drug-likeness (QED) is 0.814. The summed E-state index contributed by atoms with van der Waals surface area (Å²) in [5.41, 5.74) is 6.54. The molecule has 0 aromatic heterocycles. The molecule has 0 fully saturated rings. The maximum atomic E-state index is 12.6. The van der Waals surface area contributed by atoms with Crippen LogP contribution in [0.5, 0.6) is 0 Å². The molecule has 6 heteroatoms. The van der Waals surface area contributed by atoms with Gasteiger partial charge in [-0.2, -0.15) is 13.2 Å². The van der Waals surface area contributed by atoms with E-state index in [1.165, 1.54) is 4.90 Å². The van der Waals surface area contributed by atoms with E-state index in [0.29, 0.717) is 0 Å². The van der Waals surface area contributed by atoms with Crippen LogP contribution in [0, 0.1) is 5.41 Å². The van der Waals surface area contributed by atoms with Crippen LogP contribution in [0.3, 0.4) is 0 Å². The van der Waals surface area contributed by atoms with Crippen LogP contribution in [0.1, 0.15) is 25.5 Å². The second-order valence-electron chi connectivity index (χ2n) is 5.93. The molecule has 0 saturated heterocycles. The molecule has 21 heavy (non-hydrogen) atoms. The molecular formula is C15H23F3N2O. The number of halogens is 3. The molecule has 0 radical (unpaired) electrons. The van der Waals surface area contributed by atoms with Crippen molar-refractivity contribution in [2.24, 2.45) is 11.1 Å². The number of hydrogen-bond acceptors (Lipinski definition) is 3. The fourth-order valence-corrected chi connectivity index (χ4v) is 2.40. The van der Waals surface area contributed by atoms with E-state index in [4.69, 9.17) is 10.8 Å². The molecular weight excluding hydrogens is 281 g/mol. The van der Waals surface area contributed by atoms with Crippen LogP contribution in [0.4, 0.5) is 13.2 Å². The van der Waals surface area contributed by atoms with Crippen LogP contribution in [-0.4, -0.2) is 42.4 Å². The molecule has 1 aromatic rings. The van der Waals surface area contributed by atoms with E-state index in [1.807, 2.05) is 44.2 Å². The monoisotopic (exact) mass is 304 g/mol. The topological polar surface area (TPSA) is 49.5 Å². The summed E-state index contributed by atoms with van der Waals surface area (Å²) < 4.78 is 37.7. The minimum Gasteiger partial charge on any atom is -0.395 e. The number of rotatable bonds is 7. The Morgan fingerprint density at radius 2 is 1.71 bits per heavy atom. The van der Waals surface area contributed by atoms with Gasteiger partial charge in [0.05, 0.1) is 13.2 Å². The van der Waals surface area contributed by atoms with Crippen LogP contribution in [0.15, 0.2) is 30.3 Å². The van der Waals surface area contributed by atoms with Gasteiger partial charge in [0.2, 0.25) is 0 Å². The smallest absolute Gasteiger partial charge is 0.395 e. The molecule has 1 aromatic carbocycles. The number of nitrogens with zero attached hydrogens (tertiary/aromatic N) is 1. The number of aliphatic hydroxyl groups is 1. The molecule has 0 spiro atoms. The third-order valence-electron chi connectivity index (χ3n) is 3.45. The van der Waals surface area contributed by atoms with E-state index < -0.39 is 18.1 Å². The van der Waals surface area contributed by atoms with Crippen molar-refractivity contribution in [2.45, 2.75) is 26.1 Å².